The summed E-state index contributed by atoms with van der Waals surface area (Å²) in [4.78, 5) is 16.7. The SMILES string of the molecule is C.CCC(CC)C(=O)C=C(O)C(CC)CC.Cc1[c-]c(-c2ccc3ccc(C4CCC(C)CC4)cc3n2)cc(C)c1.[Ir]. The first kappa shape index (κ1) is 37.7. The van der Waals surface area contributed by atoms with Gasteiger partial charge in [0.25, 0.3) is 0 Å². The second-order valence-electron chi connectivity index (χ2n) is 11.9. The van der Waals surface area contributed by atoms with Gasteiger partial charge in [-0.3, -0.25) is 9.78 Å². The number of pyridine rings is 1. The van der Waals surface area contributed by atoms with Gasteiger partial charge in [0.1, 0.15) is 0 Å². The molecule has 0 aliphatic heterocycles. The number of aliphatic hydroxyl groups is 1. The molecule has 2 aromatic carbocycles. The van der Waals surface area contributed by atoms with Crippen LogP contribution in [0.15, 0.2) is 54.3 Å². The van der Waals surface area contributed by atoms with Crippen molar-refractivity contribution < 1.29 is 30.0 Å². The Bertz CT molecular complexity index is 1260. The van der Waals surface area contributed by atoms with E-state index in [9.17, 15) is 9.90 Å². The Morgan fingerprint density at radius 2 is 1.52 bits per heavy atom. The number of nitrogens with zero attached hydrogens (tertiary/aromatic N) is 1. The quantitative estimate of drug-likeness (QED) is 0.135. The van der Waals surface area contributed by atoms with Gasteiger partial charge in [-0.05, 0) is 73.1 Å². The maximum Gasteiger partial charge on any atom is 0.162 e. The first-order chi connectivity index (χ1) is 19.2. The van der Waals surface area contributed by atoms with Gasteiger partial charge in [0.2, 0.25) is 0 Å². The van der Waals surface area contributed by atoms with Crippen molar-refractivity contribution in [3.05, 3.63) is 77.1 Å². The smallest absolute Gasteiger partial charge is 0.162 e. The molecule has 1 radical (unpaired) electrons. The van der Waals surface area contributed by atoms with Crippen molar-refractivity contribution >= 4 is 16.7 Å². The number of aryl methyl sites for hydroxylation is 2. The van der Waals surface area contributed by atoms with Crippen molar-refractivity contribution in [3.63, 3.8) is 0 Å². The Kier molecular flexibility index (Phi) is 16.5. The van der Waals surface area contributed by atoms with Crippen LogP contribution >= 0.6 is 0 Å². The number of ketones is 1. The molecule has 1 saturated carbocycles. The van der Waals surface area contributed by atoms with Gasteiger partial charge < -0.3 is 5.11 Å². The number of allylic oxidation sites excluding steroid dienone is 2. The number of aliphatic hydroxyl groups excluding tert-OH is 1. The molecule has 4 heteroatoms. The molecule has 0 bridgehead atoms. The van der Waals surface area contributed by atoms with Crippen LogP contribution in [-0.2, 0) is 24.9 Å². The van der Waals surface area contributed by atoms with Crippen molar-refractivity contribution in [2.24, 2.45) is 17.8 Å². The first-order valence-electron chi connectivity index (χ1n) is 15.5. The molecule has 1 aromatic heterocycles. The number of rotatable bonds is 9. The largest absolute Gasteiger partial charge is 0.512 e. The van der Waals surface area contributed by atoms with E-state index in [-0.39, 0.29) is 50.9 Å². The second-order valence-corrected chi connectivity index (χ2v) is 11.9. The van der Waals surface area contributed by atoms with Crippen LogP contribution in [0.4, 0.5) is 0 Å². The summed E-state index contributed by atoms with van der Waals surface area (Å²) in [5.41, 5.74) is 7.12. The topological polar surface area (TPSA) is 50.2 Å². The van der Waals surface area contributed by atoms with Gasteiger partial charge in [0, 0.05) is 38.0 Å². The third-order valence-corrected chi connectivity index (χ3v) is 8.71. The molecule has 1 fully saturated rings. The summed E-state index contributed by atoms with van der Waals surface area (Å²) in [6, 6.07) is 19.0. The van der Waals surface area contributed by atoms with E-state index in [1.54, 1.807) is 0 Å². The van der Waals surface area contributed by atoms with Crippen LogP contribution in [0.25, 0.3) is 22.2 Å². The summed E-state index contributed by atoms with van der Waals surface area (Å²) in [6.07, 6.45) is 10.2. The number of carbonyl (C=O) groups excluding carboxylic acids is 1. The molecule has 3 aromatic rings. The van der Waals surface area contributed by atoms with Gasteiger partial charge in [0.05, 0.1) is 11.3 Å². The van der Waals surface area contributed by atoms with Crippen molar-refractivity contribution in [3.8, 4) is 11.3 Å². The molecule has 0 spiro atoms. The molecule has 1 heterocycles. The van der Waals surface area contributed by atoms with Crippen LogP contribution in [0.2, 0.25) is 0 Å². The van der Waals surface area contributed by atoms with Crippen molar-refractivity contribution in [1.29, 1.82) is 0 Å². The molecule has 0 saturated heterocycles. The van der Waals surface area contributed by atoms with Crippen LogP contribution < -0.4 is 0 Å². The van der Waals surface area contributed by atoms with E-state index >= 15 is 0 Å². The molecule has 42 heavy (non-hydrogen) atoms. The standard InChI is InChI=1S/C24H26N.C13H24O2.CH4.Ir/c1-16-4-6-19(7-5-16)21-9-8-20-10-11-23(25-24(20)15-21)22-13-17(2)12-18(3)14-22;1-5-10(6-2)12(14)9-13(15)11(7-3)8-4;;/h8-13,15-16,19H,4-7H2,1-3H3;9-11,14H,5-8H2,1-4H3;1H4;/q-1;;;. The van der Waals surface area contributed by atoms with E-state index in [0.29, 0.717) is 5.92 Å². The van der Waals surface area contributed by atoms with Gasteiger partial charge in [-0.25, -0.2) is 0 Å². The molecular weight excluding hydrogens is 695 g/mol. The predicted octanol–water partition coefficient (Wildman–Crippen LogP) is 11.1. The molecule has 0 amide bonds. The van der Waals surface area contributed by atoms with E-state index in [2.05, 4.69) is 69.3 Å². The number of hydrogen-bond acceptors (Lipinski definition) is 3. The van der Waals surface area contributed by atoms with Gasteiger partial charge in [-0.1, -0.05) is 93.0 Å². The van der Waals surface area contributed by atoms with E-state index in [1.165, 1.54) is 53.8 Å². The summed E-state index contributed by atoms with van der Waals surface area (Å²) in [7, 11) is 0. The molecule has 3 nitrogen and oxygen atoms in total. The predicted molar refractivity (Wildman–Crippen MR) is 176 cm³/mol. The molecule has 0 unspecified atom stereocenters. The number of hydrogen-bond donors (Lipinski definition) is 1. The van der Waals surface area contributed by atoms with Crippen molar-refractivity contribution in [1.82, 2.24) is 4.98 Å². The maximum atomic E-state index is 11.7. The fraction of sp³-hybridized carbons (Fsp3) is 0.526. The zero-order valence-corrected chi connectivity index (χ0v) is 28.6. The van der Waals surface area contributed by atoms with Crippen LogP contribution in [0.1, 0.15) is 116 Å². The zero-order chi connectivity index (χ0) is 29.2. The molecule has 1 aliphatic rings. The Labute approximate surface area is 270 Å². The Morgan fingerprint density at radius 1 is 0.929 bits per heavy atom. The van der Waals surface area contributed by atoms with E-state index in [1.807, 2.05) is 27.7 Å². The summed E-state index contributed by atoms with van der Waals surface area (Å²) >= 11 is 0. The van der Waals surface area contributed by atoms with Gasteiger partial charge in [-0.2, -0.15) is 0 Å². The van der Waals surface area contributed by atoms with Crippen LogP contribution in [0, 0.1) is 37.7 Å². The molecule has 1 aliphatic carbocycles. The van der Waals surface area contributed by atoms with E-state index < -0.39 is 0 Å². The van der Waals surface area contributed by atoms with Crippen LogP contribution in [-0.4, -0.2) is 15.9 Å². The average Bonchev–Trinajstić information content (AvgIpc) is 2.94. The van der Waals surface area contributed by atoms with Crippen LogP contribution in [0.3, 0.4) is 0 Å². The van der Waals surface area contributed by atoms with Crippen LogP contribution in [0.5, 0.6) is 0 Å². The summed E-state index contributed by atoms with van der Waals surface area (Å²) < 4.78 is 0. The Hall–Kier alpha value is -2.29. The summed E-state index contributed by atoms with van der Waals surface area (Å²) in [6.45, 7) is 14.7. The fourth-order valence-corrected chi connectivity index (χ4v) is 5.94. The normalized spacial score (nSPS) is 16.8. The summed E-state index contributed by atoms with van der Waals surface area (Å²) in [5, 5.41) is 11.0. The Morgan fingerprint density at radius 3 is 2.10 bits per heavy atom. The number of fused-ring (bicyclic) bond motifs is 1. The zero-order valence-electron chi connectivity index (χ0n) is 26.2. The third-order valence-electron chi connectivity index (χ3n) is 8.71. The maximum absolute atomic E-state index is 11.7. The minimum atomic E-state index is 0. The van der Waals surface area contributed by atoms with Crippen molar-refractivity contribution in [2.75, 3.05) is 0 Å². The molecule has 0 atom stereocenters. The summed E-state index contributed by atoms with van der Waals surface area (Å²) in [5.74, 6) is 2.14. The fourth-order valence-electron chi connectivity index (χ4n) is 5.94. The minimum absolute atomic E-state index is 0. The molecule has 1 N–H and O–H groups in total. The number of carbonyl (C=O) groups is 1. The molecular formula is C38H54IrNO2-. The molecule has 233 valence electrons. The molecule has 4 rings (SSSR count). The van der Waals surface area contributed by atoms with Crippen molar-refractivity contribution in [2.45, 2.75) is 113 Å². The van der Waals surface area contributed by atoms with Gasteiger partial charge >= 0.3 is 0 Å². The Balaban J connectivity index is 0.000000455. The average molecular weight is 749 g/mol. The monoisotopic (exact) mass is 749 g/mol. The number of benzene rings is 2. The van der Waals surface area contributed by atoms with E-state index in [4.69, 9.17) is 4.98 Å². The minimum Gasteiger partial charge on any atom is -0.512 e. The second kappa shape index (κ2) is 18.4. The van der Waals surface area contributed by atoms with Gasteiger partial charge in [-0.15, -0.1) is 34.9 Å². The third kappa shape index (κ3) is 10.5. The first-order valence-corrected chi connectivity index (χ1v) is 15.5. The van der Waals surface area contributed by atoms with Gasteiger partial charge in [0.15, 0.2) is 5.78 Å². The number of aromatic nitrogens is 1. The van der Waals surface area contributed by atoms with E-state index in [0.717, 1.165) is 48.4 Å².